The van der Waals surface area contributed by atoms with E-state index in [-0.39, 0.29) is 12.4 Å². The van der Waals surface area contributed by atoms with Crippen molar-refractivity contribution in [2.24, 2.45) is 0 Å². The van der Waals surface area contributed by atoms with Gasteiger partial charge in [-0.3, -0.25) is 9.37 Å². The van der Waals surface area contributed by atoms with Gasteiger partial charge >= 0.3 is 0 Å². The number of hydrogen-bond acceptors (Lipinski definition) is 3. The molecule has 4 rings (SSSR count). The molecule has 0 saturated heterocycles. The summed E-state index contributed by atoms with van der Waals surface area (Å²) in [6, 6.07) is 7.58. The first-order valence-corrected chi connectivity index (χ1v) is 6.83. The van der Waals surface area contributed by atoms with E-state index in [2.05, 4.69) is 9.55 Å². The number of alkyl halides is 1. The molecule has 0 aliphatic heterocycles. The zero-order valence-electron chi connectivity index (χ0n) is 11.2. The molecule has 0 fully saturated rings. The summed E-state index contributed by atoms with van der Waals surface area (Å²) in [7, 11) is 0. The standard InChI is InChI=1S/C16H13FN2O2/c17-6-2-8-19-11-5-4-10-13(20)9-21-16(10)14(11)15-12(19)3-1-7-18-15/h1,3-5,7,9,20H,2,6,8H2. The lowest BCUT2D eigenvalue weighted by Gasteiger charge is -2.05. The Morgan fingerprint density at radius 3 is 3.00 bits per heavy atom. The van der Waals surface area contributed by atoms with Gasteiger partial charge in [0.15, 0.2) is 5.75 Å². The number of rotatable bonds is 3. The number of furan rings is 1. The molecule has 5 heteroatoms. The van der Waals surface area contributed by atoms with Crippen LogP contribution in [0.1, 0.15) is 6.42 Å². The largest absolute Gasteiger partial charge is 0.504 e. The van der Waals surface area contributed by atoms with Gasteiger partial charge in [-0.15, -0.1) is 0 Å². The number of benzene rings is 1. The van der Waals surface area contributed by atoms with Gasteiger partial charge in [0, 0.05) is 12.7 Å². The third-order valence-corrected chi connectivity index (χ3v) is 3.82. The highest BCUT2D eigenvalue weighted by molar-refractivity contribution is 6.18. The predicted molar refractivity (Wildman–Crippen MR) is 79.3 cm³/mol. The molecule has 0 spiro atoms. The minimum absolute atomic E-state index is 0.118. The monoisotopic (exact) mass is 284 g/mol. The van der Waals surface area contributed by atoms with Crippen molar-refractivity contribution in [1.82, 2.24) is 9.55 Å². The number of aromatic nitrogens is 2. The van der Waals surface area contributed by atoms with Crippen molar-refractivity contribution < 1.29 is 13.9 Å². The van der Waals surface area contributed by atoms with Gasteiger partial charge in [-0.25, -0.2) is 0 Å². The van der Waals surface area contributed by atoms with Crippen LogP contribution in [0.3, 0.4) is 0 Å². The van der Waals surface area contributed by atoms with Gasteiger partial charge in [0.1, 0.15) is 11.8 Å². The molecule has 0 aliphatic carbocycles. The molecule has 0 radical (unpaired) electrons. The molecule has 3 aromatic heterocycles. The van der Waals surface area contributed by atoms with Gasteiger partial charge in [-0.2, -0.15) is 0 Å². The Hall–Kier alpha value is -2.56. The summed E-state index contributed by atoms with van der Waals surface area (Å²) in [5, 5.41) is 11.3. The second kappa shape index (κ2) is 4.48. The van der Waals surface area contributed by atoms with Gasteiger partial charge in [0.25, 0.3) is 0 Å². The lowest BCUT2D eigenvalue weighted by molar-refractivity contribution is 0.452. The molecule has 4 aromatic rings. The number of aromatic hydroxyl groups is 1. The molecule has 3 heterocycles. The van der Waals surface area contributed by atoms with Crippen molar-refractivity contribution in [1.29, 1.82) is 0 Å². The van der Waals surface area contributed by atoms with Crippen molar-refractivity contribution in [3.8, 4) is 5.75 Å². The zero-order chi connectivity index (χ0) is 14.4. The highest BCUT2D eigenvalue weighted by Gasteiger charge is 2.17. The molecule has 0 bridgehead atoms. The second-order valence-corrected chi connectivity index (χ2v) is 5.02. The Labute approximate surface area is 119 Å². The van der Waals surface area contributed by atoms with E-state index in [4.69, 9.17) is 4.42 Å². The normalized spacial score (nSPS) is 11.9. The summed E-state index contributed by atoms with van der Waals surface area (Å²) < 4.78 is 20.1. The molecule has 0 unspecified atom stereocenters. The molecule has 0 amide bonds. The van der Waals surface area contributed by atoms with E-state index >= 15 is 0 Å². The Bertz CT molecular complexity index is 955. The van der Waals surface area contributed by atoms with Crippen molar-refractivity contribution in [3.63, 3.8) is 0 Å². The third-order valence-electron chi connectivity index (χ3n) is 3.82. The fraction of sp³-hybridized carbons (Fsp3) is 0.188. The number of fused-ring (bicyclic) bond motifs is 5. The minimum atomic E-state index is -0.356. The van der Waals surface area contributed by atoms with Crippen molar-refractivity contribution in [2.75, 3.05) is 6.67 Å². The van der Waals surface area contributed by atoms with Crippen LogP contribution in [-0.2, 0) is 6.54 Å². The lowest BCUT2D eigenvalue weighted by atomic mass is 10.1. The number of halogens is 1. The highest BCUT2D eigenvalue weighted by Crippen LogP contribution is 2.37. The van der Waals surface area contributed by atoms with Crippen LogP contribution in [-0.4, -0.2) is 21.3 Å². The molecule has 1 N–H and O–H groups in total. The van der Waals surface area contributed by atoms with Crippen LogP contribution >= 0.6 is 0 Å². The average molecular weight is 284 g/mol. The zero-order valence-corrected chi connectivity index (χ0v) is 11.2. The fourth-order valence-corrected chi connectivity index (χ4v) is 2.92. The Kier molecular flexibility index (Phi) is 2.60. The fourth-order valence-electron chi connectivity index (χ4n) is 2.92. The molecule has 4 nitrogen and oxygen atoms in total. The molecule has 106 valence electrons. The Morgan fingerprint density at radius 2 is 2.14 bits per heavy atom. The summed E-state index contributed by atoms with van der Waals surface area (Å²) in [5.41, 5.74) is 3.32. The summed E-state index contributed by atoms with van der Waals surface area (Å²) in [4.78, 5) is 4.44. The summed E-state index contributed by atoms with van der Waals surface area (Å²) in [5.74, 6) is 0.118. The number of pyridine rings is 1. The van der Waals surface area contributed by atoms with Crippen LogP contribution in [0, 0.1) is 0 Å². The minimum Gasteiger partial charge on any atom is -0.504 e. The van der Waals surface area contributed by atoms with E-state index in [9.17, 15) is 9.50 Å². The molecule has 0 aliphatic rings. The first-order chi connectivity index (χ1) is 10.3. The number of hydrogen-bond donors (Lipinski definition) is 1. The van der Waals surface area contributed by atoms with Gasteiger partial charge in [0.2, 0.25) is 0 Å². The second-order valence-electron chi connectivity index (χ2n) is 5.02. The molecule has 0 saturated carbocycles. The molecular formula is C16H13FN2O2. The average Bonchev–Trinajstić information content (AvgIpc) is 3.04. The van der Waals surface area contributed by atoms with E-state index in [1.165, 1.54) is 6.26 Å². The van der Waals surface area contributed by atoms with E-state index in [0.717, 1.165) is 21.9 Å². The number of aryl methyl sites for hydroxylation is 1. The number of nitrogens with zero attached hydrogens (tertiary/aromatic N) is 2. The van der Waals surface area contributed by atoms with Crippen LogP contribution < -0.4 is 0 Å². The quantitative estimate of drug-likeness (QED) is 0.618. The third kappa shape index (κ3) is 1.63. The van der Waals surface area contributed by atoms with Gasteiger partial charge < -0.3 is 14.1 Å². The first-order valence-electron chi connectivity index (χ1n) is 6.83. The maximum atomic E-state index is 12.6. The smallest absolute Gasteiger partial charge is 0.161 e. The van der Waals surface area contributed by atoms with Crippen LogP contribution in [0.25, 0.3) is 32.9 Å². The summed E-state index contributed by atoms with van der Waals surface area (Å²) in [6.45, 7) is 0.228. The van der Waals surface area contributed by atoms with Gasteiger partial charge in [0.05, 0.1) is 34.0 Å². The van der Waals surface area contributed by atoms with E-state index in [1.807, 2.05) is 24.3 Å². The van der Waals surface area contributed by atoms with Crippen molar-refractivity contribution in [3.05, 3.63) is 36.7 Å². The van der Waals surface area contributed by atoms with Crippen molar-refractivity contribution >= 4 is 32.9 Å². The Balaban J connectivity index is 2.17. The molecular weight excluding hydrogens is 271 g/mol. The van der Waals surface area contributed by atoms with E-state index in [0.29, 0.717) is 23.9 Å². The van der Waals surface area contributed by atoms with Gasteiger partial charge in [-0.05, 0) is 30.7 Å². The van der Waals surface area contributed by atoms with Gasteiger partial charge in [-0.1, -0.05) is 0 Å². The summed E-state index contributed by atoms with van der Waals surface area (Å²) >= 11 is 0. The van der Waals surface area contributed by atoms with Crippen LogP contribution in [0.4, 0.5) is 4.39 Å². The topological polar surface area (TPSA) is 51.2 Å². The highest BCUT2D eigenvalue weighted by atomic mass is 19.1. The first kappa shape index (κ1) is 12.2. The van der Waals surface area contributed by atoms with Crippen LogP contribution in [0.2, 0.25) is 0 Å². The summed E-state index contributed by atoms with van der Waals surface area (Å²) in [6.07, 6.45) is 3.51. The van der Waals surface area contributed by atoms with E-state index in [1.54, 1.807) is 6.20 Å². The maximum Gasteiger partial charge on any atom is 0.161 e. The maximum absolute atomic E-state index is 12.6. The molecule has 1 aromatic carbocycles. The Morgan fingerprint density at radius 1 is 1.24 bits per heavy atom. The van der Waals surface area contributed by atoms with E-state index < -0.39 is 0 Å². The van der Waals surface area contributed by atoms with Crippen LogP contribution in [0.5, 0.6) is 5.75 Å². The lowest BCUT2D eigenvalue weighted by Crippen LogP contribution is -1.98. The van der Waals surface area contributed by atoms with Crippen LogP contribution in [0.15, 0.2) is 41.1 Å². The predicted octanol–water partition coefficient (Wildman–Crippen LogP) is 4.00. The molecule has 21 heavy (non-hydrogen) atoms. The SMILES string of the molecule is Oc1coc2c1ccc1c2c2ncccc2n1CCCF. The van der Waals surface area contributed by atoms with Crippen molar-refractivity contribution in [2.45, 2.75) is 13.0 Å². The molecule has 0 atom stereocenters.